The fourth-order valence-electron chi connectivity index (χ4n) is 3.64. The summed E-state index contributed by atoms with van der Waals surface area (Å²) in [5.74, 6) is 2.31. The van der Waals surface area contributed by atoms with Gasteiger partial charge in [-0.3, -0.25) is 4.79 Å². The van der Waals surface area contributed by atoms with E-state index in [4.69, 9.17) is 4.74 Å². The van der Waals surface area contributed by atoms with Gasteiger partial charge in [0.15, 0.2) is 0 Å². The van der Waals surface area contributed by atoms with Crippen molar-refractivity contribution in [2.24, 2.45) is 17.8 Å². The molecule has 0 spiro atoms. The smallest absolute Gasteiger partial charge is 0.223 e. The Morgan fingerprint density at radius 2 is 1.90 bits per heavy atom. The molecule has 1 aromatic carbocycles. The first-order valence-electron chi connectivity index (χ1n) is 7.80. The highest BCUT2D eigenvalue weighted by molar-refractivity contribution is 5.82. The van der Waals surface area contributed by atoms with Crippen molar-refractivity contribution in [1.29, 1.82) is 0 Å². The van der Waals surface area contributed by atoms with Crippen molar-refractivity contribution < 1.29 is 14.6 Å². The first-order chi connectivity index (χ1) is 10.2. The molecule has 2 N–H and O–H groups in total. The highest BCUT2D eigenvalue weighted by atomic mass is 16.5. The Hall–Kier alpha value is -1.55. The molecular weight excluding hydrogens is 266 g/mol. The van der Waals surface area contributed by atoms with Crippen LogP contribution in [0.1, 0.15) is 37.4 Å². The molecule has 0 saturated heterocycles. The number of nitrogens with one attached hydrogen (secondary N) is 1. The number of hydrogen-bond acceptors (Lipinski definition) is 3. The van der Waals surface area contributed by atoms with E-state index in [9.17, 15) is 9.90 Å². The molecule has 4 heteroatoms. The fourth-order valence-corrected chi connectivity index (χ4v) is 3.64. The molecule has 2 saturated carbocycles. The zero-order valence-electron chi connectivity index (χ0n) is 12.4. The first-order valence-corrected chi connectivity index (χ1v) is 7.80. The Morgan fingerprint density at radius 3 is 2.48 bits per heavy atom. The fraction of sp³-hybridized carbons (Fsp3) is 0.588. The number of hydrogen-bond donors (Lipinski definition) is 2. The molecule has 4 nitrogen and oxygen atoms in total. The maximum atomic E-state index is 12.2. The second-order valence-corrected chi connectivity index (χ2v) is 6.17. The largest absolute Gasteiger partial charge is 0.497 e. The van der Waals surface area contributed by atoms with E-state index in [1.807, 2.05) is 24.3 Å². The van der Waals surface area contributed by atoms with Crippen molar-refractivity contribution >= 4 is 5.91 Å². The van der Waals surface area contributed by atoms with Gasteiger partial charge in [0.25, 0.3) is 0 Å². The van der Waals surface area contributed by atoms with Gasteiger partial charge in [-0.25, -0.2) is 0 Å². The lowest BCUT2D eigenvalue weighted by Crippen LogP contribution is -2.30. The standard InChI is InChI=1S/C17H23NO3/c1-21-12-8-6-11(7-9-12)15(19)10-18-17(20)16-13-4-2-3-5-14(13)16/h6-9,13-16,19H,2-5,10H2,1H3,(H,18,20). The summed E-state index contributed by atoms with van der Waals surface area (Å²) in [7, 11) is 1.61. The van der Waals surface area contributed by atoms with Gasteiger partial charge >= 0.3 is 0 Å². The zero-order valence-corrected chi connectivity index (χ0v) is 12.4. The van der Waals surface area contributed by atoms with E-state index in [0.29, 0.717) is 11.8 Å². The topological polar surface area (TPSA) is 58.6 Å². The minimum atomic E-state index is -0.666. The van der Waals surface area contributed by atoms with Crippen LogP contribution < -0.4 is 10.1 Å². The van der Waals surface area contributed by atoms with Gasteiger partial charge in [-0.2, -0.15) is 0 Å². The van der Waals surface area contributed by atoms with Crippen LogP contribution in [0, 0.1) is 17.8 Å². The monoisotopic (exact) mass is 289 g/mol. The van der Waals surface area contributed by atoms with Gasteiger partial charge < -0.3 is 15.2 Å². The average Bonchev–Trinajstić information content (AvgIpc) is 3.27. The predicted molar refractivity (Wildman–Crippen MR) is 79.9 cm³/mol. The van der Waals surface area contributed by atoms with Gasteiger partial charge in [0.2, 0.25) is 5.91 Å². The molecule has 0 heterocycles. The number of methoxy groups -OCH3 is 1. The van der Waals surface area contributed by atoms with Crippen LogP contribution in [0.2, 0.25) is 0 Å². The second-order valence-electron chi connectivity index (χ2n) is 6.17. The third-order valence-corrected chi connectivity index (χ3v) is 4.93. The van der Waals surface area contributed by atoms with Gasteiger partial charge in [0.1, 0.15) is 5.75 Å². The van der Waals surface area contributed by atoms with Crippen molar-refractivity contribution in [2.45, 2.75) is 31.8 Å². The molecule has 1 aromatic rings. The Morgan fingerprint density at radius 1 is 1.29 bits per heavy atom. The number of carbonyl (C=O) groups excluding carboxylic acids is 1. The van der Waals surface area contributed by atoms with Crippen molar-refractivity contribution in [2.75, 3.05) is 13.7 Å². The lowest BCUT2D eigenvalue weighted by atomic mass is 10.0. The van der Waals surface area contributed by atoms with E-state index in [1.54, 1.807) is 7.11 Å². The Balaban J connectivity index is 1.49. The number of ether oxygens (including phenoxy) is 1. The summed E-state index contributed by atoms with van der Waals surface area (Å²) >= 11 is 0. The third-order valence-electron chi connectivity index (χ3n) is 4.93. The van der Waals surface area contributed by atoms with Crippen LogP contribution in [0.3, 0.4) is 0 Å². The van der Waals surface area contributed by atoms with Gasteiger partial charge in [0, 0.05) is 12.5 Å². The molecule has 1 amide bonds. The predicted octanol–water partition coefficient (Wildman–Crippen LogP) is 2.28. The van der Waals surface area contributed by atoms with Crippen LogP contribution in [0.25, 0.3) is 0 Å². The quantitative estimate of drug-likeness (QED) is 0.874. The number of aliphatic hydroxyl groups excluding tert-OH is 1. The van der Waals surface area contributed by atoms with Crippen molar-refractivity contribution in [3.8, 4) is 5.75 Å². The van der Waals surface area contributed by atoms with E-state index >= 15 is 0 Å². The molecule has 3 rings (SSSR count). The van der Waals surface area contributed by atoms with Crippen LogP contribution in [0.5, 0.6) is 5.75 Å². The SMILES string of the molecule is COc1ccc(C(O)CNC(=O)C2C3CCCCC32)cc1. The number of carbonyl (C=O) groups is 1. The molecule has 0 aliphatic heterocycles. The van der Waals surface area contributed by atoms with E-state index in [2.05, 4.69) is 5.32 Å². The zero-order chi connectivity index (χ0) is 14.8. The Labute approximate surface area is 125 Å². The van der Waals surface area contributed by atoms with Crippen molar-refractivity contribution in [3.05, 3.63) is 29.8 Å². The molecule has 2 fully saturated rings. The van der Waals surface area contributed by atoms with E-state index < -0.39 is 6.10 Å². The highest BCUT2D eigenvalue weighted by Crippen LogP contribution is 2.55. The molecule has 0 radical (unpaired) electrons. The second kappa shape index (κ2) is 6.06. The van der Waals surface area contributed by atoms with E-state index in [-0.39, 0.29) is 18.4 Å². The summed E-state index contributed by atoms with van der Waals surface area (Å²) in [4.78, 5) is 12.2. The van der Waals surface area contributed by atoms with Gasteiger partial charge in [0.05, 0.1) is 13.2 Å². The van der Waals surface area contributed by atoms with E-state index in [0.717, 1.165) is 11.3 Å². The lowest BCUT2D eigenvalue weighted by molar-refractivity contribution is -0.123. The normalized spacial score (nSPS) is 28.4. The van der Waals surface area contributed by atoms with E-state index in [1.165, 1.54) is 25.7 Å². The molecule has 3 atom stereocenters. The molecule has 0 bridgehead atoms. The maximum absolute atomic E-state index is 12.2. The minimum Gasteiger partial charge on any atom is -0.497 e. The first kappa shape index (κ1) is 14.4. The third kappa shape index (κ3) is 3.05. The molecule has 21 heavy (non-hydrogen) atoms. The van der Waals surface area contributed by atoms with Crippen LogP contribution in [-0.4, -0.2) is 24.7 Å². The highest BCUT2D eigenvalue weighted by Gasteiger charge is 2.54. The number of amides is 1. The summed E-state index contributed by atoms with van der Waals surface area (Å²) < 4.78 is 5.09. The van der Waals surface area contributed by atoms with Crippen LogP contribution in [0.4, 0.5) is 0 Å². The summed E-state index contributed by atoms with van der Waals surface area (Å²) in [6, 6.07) is 7.28. The Kier molecular flexibility index (Phi) is 4.15. The van der Waals surface area contributed by atoms with Crippen molar-refractivity contribution in [3.63, 3.8) is 0 Å². The van der Waals surface area contributed by atoms with Crippen LogP contribution in [0.15, 0.2) is 24.3 Å². The number of aliphatic hydroxyl groups is 1. The number of benzene rings is 1. The average molecular weight is 289 g/mol. The summed E-state index contributed by atoms with van der Waals surface area (Å²) in [6.07, 6.45) is 4.26. The molecule has 3 unspecified atom stereocenters. The van der Waals surface area contributed by atoms with Crippen molar-refractivity contribution in [1.82, 2.24) is 5.32 Å². The number of fused-ring (bicyclic) bond motifs is 1. The minimum absolute atomic E-state index is 0.125. The lowest BCUT2D eigenvalue weighted by Gasteiger charge is -2.13. The molecular formula is C17H23NO3. The van der Waals surface area contributed by atoms with Gasteiger partial charge in [-0.1, -0.05) is 25.0 Å². The van der Waals surface area contributed by atoms with Crippen LogP contribution >= 0.6 is 0 Å². The maximum Gasteiger partial charge on any atom is 0.223 e. The summed E-state index contributed by atoms with van der Waals surface area (Å²) in [5, 5.41) is 13.0. The molecule has 114 valence electrons. The van der Waals surface area contributed by atoms with Gasteiger partial charge in [-0.05, 0) is 42.4 Å². The summed E-state index contributed by atoms with van der Waals surface area (Å²) in [6.45, 7) is 0.279. The number of rotatable bonds is 5. The molecule has 0 aromatic heterocycles. The molecule has 2 aliphatic rings. The summed E-state index contributed by atoms with van der Waals surface area (Å²) in [5.41, 5.74) is 0.796. The van der Waals surface area contributed by atoms with Gasteiger partial charge in [-0.15, -0.1) is 0 Å². The Bertz CT molecular complexity index is 487. The van der Waals surface area contributed by atoms with Crippen LogP contribution in [-0.2, 0) is 4.79 Å². The molecule has 2 aliphatic carbocycles.